The van der Waals surface area contributed by atoms with Gasteiger partial charge in [-0.05, 0) is 61.3 Å². The van der Waals surface area contributed by atoms with Crippen LogP contribution in [0.2, 0.25) is 0 Å². The Hall–Kier alpha value is -3.51. The maximum Gasteiger partial charge on any atom is 0.320 e. The van der Waals surface area contributed by atoms with Crippen molar-refractivity contribution in [2.75, 3.05) is 62.7 Å². The van der Waals surface area contributed by atoms with E-state index in [4.69, 9.17) is 10.00 Å². The molecule has 0 saturated carbocycles. The number of carbonyl (C=O) groups is 2. The zero-order chi connectivity index (χ0) is 25.8. The minimum Gasteiger partial charge on any atom is -0.378 e. The largest absolute Gasteiger partial charge is 0.378 e. The van der Waals surface area contributed by atoms with Crippen molar-refractivity contribution in [3.8, 4) is 6.07 Å². The molecule has 2 N–H and O–H groups in total. The molecule has 3 amide bonds. The number of rotatable bonds is 4. The number of hydrogen-bond donors (Lipinski definition) is 2. The molecule has 4 heterocycles. The van der Waals surface area contributed by atoms with Gasteiger partial charge in [0.1, 0.15) is 11.8 Å². The third-order valence-electron chi connectivity index (χ3n) is 7.97. The fourth-order valence-electron chi connectivity index (χ4n) is 5.56. The molecule has 0 radical (unpaired) electrons. The zero-order valence-electron chi connectivity index (χ0n) is 21.5. The number of hydrogen-bond acceptors (Lipinski definition) is 5. The van der Waals surface area contributed by atoms with Crippen LogP contribution in [-0.2, 0) is 4.74 Å². The first-order valence-electron chi connectivity index (χ1n) is 13.4. The molecule has 3 saturated heterocycles. The number of urea groups is 1. The fraction of sp³-hybridized carbons (Fsp3) is 0.536. The molecule has 2 aromatic rings. The molecule has 0 aliphatic carbocycles. The monoisotopic (exact) mass is 504 g/mol. The summed E-state index contributed by atoms with van der Waals surface area (Å²) < 4.78 is 5.39. The van der Waals surface area contributed by atoms with Crippen LogP contribution in [0, 0.1) is 17.2 Å². The Kier molecular flexibility index (Phi) is 7.65. The molecule has 0 unspecified atom stereocenters. The Morgan fingerprint density at radius 3 is 2.38 bits per heavy atom. The van der Waals surface area contributed by atoms with Crippen molar-refractivity contribution < 1.29 is 14.3 Å². The molecular formula is C28H36N6O3. The molecule has 5 rings (SSSR count). The van der Waals surface area contributed by atoms with Crippen molar-refractivity contribution in [3.05, 3.63) is 47.3 Å². The van der Waals surface area contributed by atoms with Crippen molar-refractivity contribution in [2.45, 2.75) is 38.5 Å². The second-order valence-corrected chi connectivity index (χ2v) is 10.5. The van der Waals surface area contributed by atoms with E-state index in [0.29, 0.717) is 49.4 Å². The molecule has 0 atom stereocenters. The lowest BCUT2D eigenvalue weighted by Gasteiger charge is -2.38. The number of benzene rings is 1. The van der Waals surface area contributed by atoms with E-state index in [1.165, 1.54) is 5.56 Å². The number of piperidine rings is 2. The minimum atomic E-state index is -0.254. The Labute approximate surface area is 218 Å². The Bertz CT molecular complexity index is 1150. The quantitative estimate of drug-likeness (QED) is 0.655. The molecule has 3 fully saturated rings. The normalized spacial score (nSPS) is 19.5. The van der Waals surface area contributed by atoms with Crippen LogP contribution < -0.4 is 10.2 Å². The van der Waals surface area contributed by atoms with Gasteiger partial charge in [-0.2, -0.15) is 5.26 Å². The maximum absolute atomic E-state index is 12.9. The first-order valence-corrected chi connectivity index (χ1v) is 13.4. The first kappa shape index (κ1) is 25.2. The molecule has 37 heavy (non-hydrogen) atoms. The Balaban J connectivity index is 1.30. The average Bonchev–Trinajstić information content (AvgIpc) is 3.44. The van der Waals surface area contributed by atoms with E-state index in [0.717, 1.165) is 63.2 Å². The number of H-pyrrole nitrogens is 1. The van der Waals surface area contributed by atoms with Crippen molar-refractivity contribution in [1.82, 2.24) is 14.8 Å². The van der Waals surface area contributed by atoms with Gasteiger partial charge < -0.3 is 29.7 Å². The predicted octanol–water partition coefficient (Wildman–Crippen LogP) is 4.01. The van der Waals surface area contributed by atoms with E-state index in [1.54, 1.807) is 12.3 Å². The fourth-order valence-corrected chi connectivity index (χ4v) is 5.56. The summed E-state index contributed by atoms with van der Waals surface area (Å²) in [5.41, 5.74) is 3.91. The van der Waals surface area contributed by atoms with E-state index in [1.807, 2.05) is 15.9 Å². The Morgan fingerprint density at radius 1 is 1.00 bits per heavy atom. The van der Waals surface area contributed by atoms with Crippen LogP contribution in [0.15, 0.2) is 30.5 Å². The summed E-state index contributed by atoms with van der Waals surface area (Å²) in [6.45, 7) is 8.30. The van der Waals surface area contributed by atoms with Crippen LogP contribution >= 0.6 is 0 Å². The highest BCUT2D eigenvalue weighted by molar-refractivity contribution is 6.05. The van der Waals surface area contributed by atoms with E-state index >= 15 is 0 Å². The first-order chi connectivity index (χ1) is 18.0. The van der Waals surface area contributed by atoms with Crippen molar-refractivity contribution in [2.24, 2.45) is 5.92 Å². The summed E-state index contributed by atoms with van der Waals surface area (Å²) >= 11 is 0. The number of aromatic amines is 1. The van der Waals surface area contributed by atoms with Crippen LogP contribution in [0.1, 0.15) is 60.1 Å². The number of anilines is 2. The van der Waals surface area contributed by atoms with Gasteiger partial charge in [0.15, 0.2) is 0 Å². The van der Waals surface area contributed by atoms with Crippen LogP contribution in [0.4, 0.5) is 16.2 Å². The van der Waals surface area contributed by atoms with Gasteiger partial charge in [0.2, 0.25) is 0 Å². The molecule has 0 bridgehead atoms. The molecule has 1 aromatic carbocycles. The summed E-state index contributed by atoms with van der Waals surface area (Å²) in [4.78, 5) is 35.0. The van der Waals surface area contributed by atoms with Gasteiger partial charge >= 0.3 is 6.03 Å². The highest BCUT2D eigenvalue weighted by atomic mass is 16.5. The third kappa shape index (κ3) is 5.75. The summed E-state index contributed by atoms with van der Waals surface area (Å²) in [6.07, 6.45) is 5.65. The minimum absolute atomic E-state index is 0.131. The van der Waals surface area contributed by atoms with E-state index in [9.17, 15) is 9.59 Å². The van der Waals surface area contributed by atoms with Gasteiger partial charge in [-0.3, -0.25) is 4.79 Å². The number of ether oxygens (including phenoxy) is 1. The van der Waals surface area contributed by atoms with Crippen LogP contribution in [0.5, 0.6) is 0 Å². The van der Waals surface area contributed by atoms with Gasteiger partial charge in [-0.15, -0.1) is 0 Å². The van der Waals surface area contributed by atoms with Crippen LogP contribution in [0.3, 0.4) is 0 Å². The number of morpholine rings is 1. The van der Waals surface area contributed by atoms with Crippen LogP contribution in [0.25, 0.3) is 0 Å². The molecule has 9 nitrogen and oxygen atoms in total. The molecule has 9 heteroatoms. The molecule has 0 spiro atoms. The number of nitriles is 1. The SMILES string of the molecule is CC1CCN(c2cc(C3CCN(C(=O)N4CCOCC4)CC3)ccc2NC(=O)c2cc(C#N)c[nH]2)CC1. The standard InChI is InChI=1S/C28H36N6O3/c1-20-4-8-32(9-5-20)26-17-23(2-3-24(26)31-27(35)25-16-21(18-29)19-30-25)22-6-10-33(11-7-22)28(36)34-12-14-37-15-13-34/h2-3,16-17,19-20,22,30H,4-15H2,1H3,(H,31,35). The Morgan fingerprint density at radius 2 is 1.70 bits per heavy atom. The summed E-state index contributed by atoms with van der Waals surface area (Å²) in [7, 11) is 0. The number of nitrogens with one attached hydrogen (secondary N) is 2. The van der Waals surface area contributed by atoms with Crippen molar-refractivity contribution in [3.63, 3.8) is 0 Å². The number of carbonyl (C=O) groups excluding carboxylic acids is 2. The second-order valence-electron chi connectivity index (χ2n) is 10.5. The van der Waals surface area contributed by atoms with E-state index in [-0.39, 0.29) is 11.9 Å². The lowest BCUT2D eigenvalue weighted by atomic mass is 9.88. The summed E-state index contributed by atoms with van der Waals surface area (Å²) in [6, 6.07) is 10.1. The average molecular weight is 505 g/mol. The zero-order valence-corrected chi connectivity index (χ0v) is 21.5. The number of amides is 3. The number of nitrogens with zero attached hydrogens (tertiary/aromatic N) is 4. The molecular weight excluding hydrogens is 468 g/mol. The van der Waals surface area contributed by atoms with E-state index < -0.39 is 0 Å². The van der Waals surface area contributed by atoms with Gasteiger partial charge in [-0.25, -0.2) is 4.79 Å². The third-order valence-corrected chi connectivity index (χ3v) is 7.97. The van der Waals surface area contributed by atoms with Crippen molar-refractivity contribution in [1.29, 1.82) is 5.26 Å². The molecule has 196 valence electrons. The highest BCUT2D eigenvalue weighted by Gasteiger charge is 2.29. The summed E-state index contributed by atoms with van der Waals surface area (Å²) in [5.74, 6) is 0.826. The molecule has 1 aromatic heterocycles. The predicted molar refractivity (Wildman–Crippen MR) is 142 cm³/mol. The van der Waals surface area contributed by atoms with Gasteiger partial charge in [-0.1, -0.05) is 13.0 Å². The molecule has 3 aliphatic heterocycles. The lowest BCUT2D eigenvalue weighted by molar-refractivity contribution is 0.0411. The van der Waals surface area contributed by atoms with Gasteiger partial charge in [0.05, 0.1) is 30.2 Å². The second kappa shape index (κ2) is 11.3. The molecule has 3 aliphatic rings. The van der Waals surface area contributed by atoms with Crippen LogP contribution in [-0.4, -0.2) is 79.2 Å². The van der Waals surface area contributed by atoms with E-state index in [2.05, 4.69) is 40.3 Å². The maximum atomic E-state index is 12.9. The van der Waals surface area contributed by atoms with Gasteiger partial charge in [0, 0.05) is 45.5 Å². The lowest BCUT2D eigenvalue weighted by Crippen LogP contribution is -2.50. The number of likely N-dealkylation sites (tertiary alicyclic amines) is 1. The number of aromatic nitrogens is 1. The highest BCUT2D eigenvalue weighted by Crippen LogP contribution is 2.36. The van der Waals surface area contributed by atoms with Crippen molar-refractivity contribution >= 4 is 23.3 Å². The summed E-state index contributed by atoms with van der Waals surface area (Å²) in [5, 5.41) is 12.2. The van der Waals surface area contributed by atoms with Gasteiger partial charge in [0.25, 0.3) is 5.91 Å². The smallest absolute Gasteiger partial charge is 0.320 e. The topological polar surface area (TPSA) is 105 Å².